The van der Waals surface area contributed by atoms with E-state index in [9.17, 15) is 0 Å². The molecule has 0 aromatic heterocycles. The fourth-order valence-electron chi connectivity index (χ4n) is 1.22. The zero-order valence-corrected chi connectivity index (χ0v) is 7.80. The van der Waals surface area contributed by atoms with E-state index in [2.05, 4.69) is 30.5 Å². The fourth-order valence-corrected chi connectivity index (χ4v) is 1.22. The van der Waals surface area contributed by atoms with Crippen molar-refractivity contribution in [1.82, 2.24) is 5.43 Å². The van der Waals surface area contributed by atoms with Gasteiger partial charge in [0.1, 0.15) is 0 Å². The van der Waals surface area contributed by atoms with Crippen molar-refractivity contribution in [2.75, 3.05) is 13.1 Å². The van der Waals surface area contributed by atoms with Gasteiger partial charge in [-0.3, -0.25) is 0 Å². The van der Waals surface area contributed by atoms with Crippen molar-refractivity contribution in [2.24, 2.45) is 16.8 Å². The van der Waals surface area contributed by atoms with Crippen molar-refractivity contribution >= 4 is 5.71 Å². The Hall–Kier alpha value is -0.830. The molecule has 0 saturated heterocycles. The van der Waals surface area contributed by atoms with Gasteiger partial charge in [0.05, 0.1) is 12.3 Å². The molecule has 12 heavy (non-hydrogen) atoms. The van der Waals surface area contributed by atoms with E-state index in [0.29, 0.717) is 12.5 Å². The highest BCUT2D eigenvalue weighted by molar-refractivity contribution is 5.96. The van der Waals surface area contributed by atoms with E-state index in [1.54, 1.807) is 0 Å². The molecule has 0 aliphatic carbocycles. The van der Waals surface area contributed by atoms with Crippen molar-refractivity contribution in [3.8, 4) is 0 Å². The molecule has 1 rings (SSSR count). The summed E-state index contributed by atoms with van der Waals surface area (Å²) in [6.07, 6.45) is 3.13. The summed E-state index contributed by atoms with van der Waals surface area (Å²) in [4.78, 5) is 0. The van der Waals surface area contributed by atoms with Crippen LogP contribution in [-0.2, 0) is 0 Å². The lowest BCUT2D eigenvalue weighted by Gasteiger charge is -2.14. The van der Waals surface area contributed by atoms with Gasteiger partial charge in [-0.1, -0.05) is 13.8 Å². The summed E-state index contributed by atoms with van der Waals surface area (Å²) >= 11 is 0. The quantitative estimate of drug-likeness (QED) is 0.655. The maximum Gasteiger partial charge on any atom is 0.0606 e. The van der Waals surface area contributed by atoms with Crippen LogP contribution in [0.4, 0.5) is 0 Å². The summed E-state index contributed by atoms with van der Waals surface area (Å²) in [5.41, 5.74) is 10.9. The third-order valence-corrected chi connectivity index (χ3v) is 1.78. The number of hydrazone groups is 1. The molecule has 1 aliphatic rings. The highest BCUT2D eigenvalue weighted by Gasteiger charge is 2.06. The largest absolute Gasteiger partial charge is 0.327 e. The molecule has 3 nitrogen and oxygen atoms in total. The minimum Gasteiger partial charge on any atom is -0.327 e. The van der Waals surface area contributed by atoms with Gasteiger partial charge in [0, 0.05) is 6.54 Å². The first-order chi connectivity index (χ1) is 5.72. The van der Waals surface area contributed by atoms with Crippen LogP contribution in [0.3, 0.4) is 0 Å². The second kappa shape index (κ2) is 4.26. The molecule has 0 amide bonds. The van der Waals surface area contributed by atoms with E-state index in [1.807, 2.05) is 0 Å². The Kier molecular flexibility index (Phi) is 3.29. The molecule has 0 unspecified atom stereocenters. The highest BCUT2D eigenvalue weighted by Crippen LogP contribution is 2.06. The zero-order chi connectivity index (χ0) is 8.97. The van der Waals surface area contributed by atoms with E-state index in [1.165, 1.54) is 5.57 Å². The van der Waals surface area contributed by atoms with E-state index in [0.717, 1.165) is 18.7 Å². The van der Waals surface area contributed by atoms with Crippen molar-refractivity contribution in [2.45, 2.75) is 20.3 Å². The summed E-state index contributed by atoms with van der Waals surface area (Å²) in [6, 6.07) is 0. The van der Waals surface area contributed by atoms with Crippen molar-refractivity contribution < 1.29 is 0 Å². The lowest BCUT2D eigenvalue weighted by atomic mass is 10.0. The summed E-state index contributed by atoms with van der Waals surface area (Å²) in [5.74, 6) is 0.652. The Morgan fingerprint density at radius 3 is 3.00 bits per heavy atom. The Balaban J connectivity index is 2.54. The minimum absolute atomic E-state index is 0.629. The number of hydrogen-bond donors (Lipinski definition) is 2. The first-order valence-electron chi connectivity index (χ1n) is 4.41. The summed E-state index contributed by atoms with van der Waals surface area (Å²) in [6.45, 7) is 5.81. The smallest absolute Gasteiger partial charge is 0.0606 e. The monoisotopic (exact) mass is 167 g/mol. The van der Waals surface area contributed by atoms with Gasteiger partial charge >= 0.3 is 0 Å². The lowest BCUT2D eigenvalue weighted by molar-refractivity contribution is 0.671. The molecule has 0 bridgehead atoms. The van der Waals surface area contributed by atoms with Gasteiger partial charge in [-0.2, -0.15) is 5.10 Å². The van der Waals surface area contributed by atoms with Crippen molar-refractivity contribution in [3.63, 3.8) is 0 Å². The number of hydrogen-bond acceptors (Lipinski definition) is 3. The molecule has 68 valence electrons. The molecule has 0 aromatic carbocycles. The van der Waals surface area contributed by atoms with Gasteiger partial charge < -0.3 is 11.2 Å². The Morgan fingerprint density at radius 1 is 1.67 bits per heavy atom. The van der Waals surface area contributed by atoms with Crippen LogP contribution < -0.4 is 11.2 Å². The summed E-state index contributed by atoms with van der Waals surface area (Å²) in [7, 11) is 0. The van der Waals surface area contributed by atoms with Crippen LogP contribution in [-0.4, -0.2) is 18.8 Å². The third-order valence-electron chi connectivity index (χ3n) is 1.78. The molecule has 0 aromatic rings. The van der Waals surface area contributed by atoms with Crippen LogP contribution in [0, 0.1) is 5.92 Å². The third kappa shape index (κ3) is 2.66. The van der Waals surface area contributed by atoms with Crippen LogP contribution >= 0.6 is 0 Å². The predicted octanol–water partition coefficient (Wildman–Crippen LogP) is 0.877. The van der Waals surface area contributed by atoms with Crippen LogP contribution in [0.2, 0.25) is 0 Å². The molecule has 0 atom stereocenters. The predicted molar refractivity (Wildman–Crippen MR) is 52.0 cm³/mol. The number of rotatable bonds is 3. The van der Waals surface area contributed by atoms with Gasteiger partial charge in [-0.05, 0) is 24.0 Å². The van der Waals surface area contributed by atoms with E-state index < -0.39 is 0 Å². The highest BCUT2D eigenvalue weighted by atomic mass is 15.3. The molecule has 0 fully saturated rings. The van der Waals surface area contributed by atoms with E-state index in [4.69, 9.17) is 5.73 Å². The standard InChI is InChI=1S/C9H17N3/c1-7(2)3-9-4-8(5-10)6-11-12-9/h4,7,11H,3,5-6,10H2,1-2H3. The zero-order valence-electron chi connectivity index (χ0n) is 7.80. The molecule has 3 heteroatoms. The van der Waals surface area contributed by atoms with Gasteiger partial charge in [0.25, 0.3) is 0 Å². The second-order valence-electron chi connectivity index (χ2n) is 3.54. The summed E-state index contributed by atoms with van der Waals surface area (Å²) in [5, 5.41) is 4.20. The van der Waals surface area contributed by atoms with Gasteiger partial charge in [0.15, 0.2) is 0 Å². The van der Waals surface area contributed by atoms with Crippen LogP contribution in [0.25, 0.3) is 0 Å². The Labute approximate surface area is 73.7 Å². The fraction of sp³-hybridized carbons (Fsp3) is 0.667. The molecule has 0 radical (unpaired) electrons. The molecule has 1 aliphatic heterocycles. The topological polar surface area (TPSA) is 50.4 Å². The van der Waals surface area contributed by atoms with Crippen LogP contribution in [0.5, 0.6) is 0 Å². The first-order valence-corrected chi connectivity index (χ1v) is 4.41. The van der Waals surface area contributed by atoms with Crippen molar-refractivity contribution in [3.05, 3.63) is 11.6 Å². The van der Waals surface area contributed by atoms with E-state index in [-0.39, 0.29) is 0 Å². The molecule has 1 heterocycles. The SMILES string of the molecule is CC(C)CC1=NNCC(CN)=C1. The van der Waals surface area contributed by atoms with Gasteiger partial charge in [-0.15, -0.1) is 0 Å². The first kappa shape index (κ1) is 9.26. The normalized spacial score (nSPS) is 17.0. The Morgan fingerprint density at radius 2 is 2.42 bits per heavy atom. The van der Waals surface area contributed by atoms with Gasteiger partial charge in [-0.25, -0.2) is 0 Å². The molecular weight excluding hydrogens is 150 g/mol. The maximum absolute atomic E-state index is 5.53. The molecule has 3 N–H and O–H groups in total. The average Bonchev–Trinajstić information content (AvgIpc) is 2.03. The van der Waals surface area contributed by atoms with Crippen LogP contribution in [0.15, 0.2) is 16.8 Å². The van der Waals surface area contributed by atoms with E-state index >= 15 is 0 Å². The maximum atomic E-state index is 5.53. The molecular formula is C9H17N3. The van der Waals surface area contributed by atoms with Crippen molar-refractivity contribution in [1.29, 1.82) is 0 Å². The lowest BCUT2D eigenvalue weighted by Crippen LogP contribution is -2.23. The number of nitrogens with two attached hydrogens (primary N) is 1. The van der Waals surface area contributed by atoms with Gasteiger partial charge in [0.2, 0.25) is 0 Å². The number of nitrogens with one attached hydrogen (secondary N) is 1. The Bertz CT molecular complexity index is 204. The van der Waals surface area contributed by atoms with Crippen LogP contribution in [0.1, 0.15) is 20.3 Å². The average molecular weight is 167 g/mol. The molecule has 0 spiro atoms. The molecule has 0 saturated carbocycles. The number of nitrogens with zero attached hydrogens (tertiary/aromatic N) is 1. The summed E-state index contributed by atoms with van der Waals surface area (Å²) < 4.78 is 0. The minimum atomic E-state index is 0.629. The number of allylic oxidation sites excluding steroid dienone is 1. The second-order valence-corrected chi connectivity index (χ2v) is 3.54.